The van der Waals surface area contributed by atoms with Crippen molar-refractivity contribution in [2.75, 3.05) is 16.8 Å². The molecule has 21 heavy (non-hydrogen) atoms. The first kappa shape index (κ1) is 13.0. The summed E-state index contributed by atoms with van der Waals surface area (Å²) in [7, 11) is 0. The zero-order valence-corrected chi connectivity index (χ0v) is 11.1. The zero-order chi connectivity index (χ0) is 14.8. The first-order valence-corrected chi connectivity index (χ1v) is 6.38. The van der Waals surface area contributed by atoms with E-state index in [1.54, 1.807) is 36.7 Å². The summed E-state index contributed by atoms with van der Waals surface area (Å²) in [6.45, 7) is 0.727. The second-order valence-corrected chi connectivity index (χ2v) is 4.74. The number of benzene rings is 1. The number of anilines is 2. The second-order valence-electron chi connectivity index (χ2n) is 4.74. The van der Waals surface area contributed by atoms with E-state index in [9.17, 15) is 9.59 Å². The monoisotopic (exact) mass is 283 g/mol. The summed E-state index contributed by atoms with van der Waals surface area (Å²) in [5, 5.41) is 10.3. The Morgan fingerprint density at radius 2 is 2.10 bits per heavy atom. The van der Waals surface area contributed by atoms with Gasteiger partial charge in [-0.2, -0.15) is 10.2 Å². The predicted octanol–water partition coefficient (Wildman–Crippen LogP) is 0.534. The Morgan fingerprint density at radius 1 is 1.24 bits per heavy atom. The highest BCUT2D eigenvalue weighted by molar-refractivity contribution is 5.99. The van der Waals surface area contributed by atoms with Crippen LogP contribution in [0.25, 0.3) is 0 Å². The fourth-order valence-electron chi connectivity index (χ4n) is 2.26. The molecule has 0 aliphatic carbocycles. The van der Waals surface area contributed by atoms with Gasteiger partial charge in [-0.25, -0.2) is 0 Å². The number of nitrogens with zero attached hydrogens (tertiary/aromatic N) is 3. The van der Waals surface area contributed by atoms with Crippen LogP contribution in [0.4, 0.5) is 11.4 Å². The minimum atomic E-state index is -0.522. The lowest BCUT2D eigenvalue weighted by atomic mass is 10.1. The Balaban J connectivity index is 1.97. The van der Waals surface area contributed by atoms with Gasteiger partial charge in [-0.15, -0.1) is 0 Å². The van der Waals surface area contributed by atoms with E-state index in [-0.39, 0.29) is 12.5 Å². The summed E-state index contributed by atoms with van der Waals surface area (Å²) in [6, 6.07) is 6.84. The lowest BCUT2D eigenvalue weighted by Crippen LogP contribution is -2.29. The van der Waals surface area contributed by atoms with Crippen LogP contribution in [0.15, 0.2) is 36.7 Å². The number of amides is 2. The van der Waals surface area contributed by atoms with Crippen LogP contribution in [0.1, 0.15) is 15.9 Å². The van der Waals surface area contributed by atoms with E-state index < -0.39 is 5.91 Å². The van der Waals surface area contributed by atoms with Crippen LogP contribution >= 0.6 is 0 Å². The van der Waals surface area contributed by atoms with Gasteiger partial charge in [0.1, 0.15) is 0 Å². The molecule has 1 aliphatic heterocycles. The molecule has 0 bridgehead atoms. The molecular weight excluding hydrogens is 270 g/mol. The molecule has 1 aromatic heterocycles. The molecule has 0 spiro atoms. The van der Waals surface area contributed by atoms with E-state index in [0.29, 0.717) is 17.8 Å². The first-order valence-electron chi connectivity index (χ1n) is 6.38. The number of nitrogens with two attached hydrogens (primary N) is 1. The molecule has 0 fully saturated rings. The highest BCUT2D eigenvalue weighted by Crippen LogP contribution is 2.25. The molecule has 0 radical (unpaired) electrons. The van der Waals surface area contributed by atoms with Crippen molar-refractivity contribution in [1.29, 1.82) is 0 Å². The van der Waals surface area contributed by atoms with Crippen molar-refractivity contribution in [3.8, 4) is 0 Å². The van der Waals surface area contributed by atoms with Crippen LogP contribution in [0.2, 0.25) is 0 Å². The van der Waals surface area contributed by atoms with Gasteiger partial charge in [0.05, 0.1) is 24.6 Å². The fraction of sp³-hybridized carbons (Fsp3) is 0.143. The summed E-state index contributed by atoms with van der Waals surface area (Å²) < 4.78 is 0. The highest BCUT2D eigenvalue weighted by atomic mass is 16.2. The van der Waals surface area contributed by atoms with Gasteiger partial charge in [0, 0.05) is 17.8 Å². The molecule has 1 aliphatic rings. The topological polar surface area (TPSA) is 101 Å². The summed E-state index contributed by atoms with van der Waals surface area (Å²) >= 11 is 0. The van der Waals surface area contributed by atoms with Crippen LogP contribution in [0, 0.1) is 0 Å². The first-order chi connectivity index (χ1) is 10.1. The summed E-state index contributed by atoms with van der Waals surface area (Å²) in [5.74, 6) is -0.682. The molecule has 2 amide bonds. The van der Waals surface area contributed by atoms with Gasteiger partial charge in [-0.05, 0) is 23.8 Å². The number of hydrogen-bond acceptors (Lipinski definition) is 5. The van der Waals surface area contributed by atoms with E-state index in [2.05, 4.69) is 15.5 Å². The molecule has 1 aromatic carbocycles. The van der Waals surface area contributed by atoms with Crippen LogP contribution in [-0.2, 0) is 11.3 Å². The molecule has 0 saturated carbocycles. The van der Waals surface area contributed by atoms with Gasteiger partial charge in [0.15, 0.2) is 0 Å². The maximum atomic E-state index is 12.0. The highest BCUT2D eigenvalue weighted by Gasteiger charge is 2.20. The van der Waals surface area contributed by atoms with E-state index in [1.165, 1.54) is 0 Å². The minimum absolute atomic E-state index is 0.160. The van der Waals surface area contributed by atoms with Gasteiger partial charge in [0.2, 0.25) is 11.8 Å². The number of fused-ring (bicyclic) bond motifs is 1. The van der Waals surface area contributed by atoms with Gasteiger partial charge >= 0.3 is 0 Å². The number of rotatable bonds is 2. The molecule has 0 saturated heterocycles. The van der Waals surface area contributed by atoms with Crippen molar-refractivity contribution in [2.45, 2.75) is 6.54 Å². The molecule has 0 unspecified atom stereocenters. The quantitative estimate of drug-likeness (QED) is 0.837. The Morgan fingerprint density at radius 3 is 2.81 bits per heavy atom. The number of carbonyl (C=O) groups excluding carboxylic acids is 2. The van der Waals surface area contributed by atoms with Crippen molar-refractivity contribution in [3.05, 3.63) is 47.8 Å². The van der Waals surface area contributed by atoms with Gasteiger partial charge in [-0.1, -0.05) is 6.07 Å². The third-order valence-electron chi connectivity index (χ3n) is 3.30. The normalized spacial score (nSPS) is 14.1. The summed E-state index contributed by atoms with van der Waals surface area (Å²) in [6.07, 6.45) is 3.19. The second kappa shape index (κ2) is 5.20. The molecule has 3 N–H and O–H groups in total. The predicted molar refractivity (Wildman–Crippen MR) is 76.7 cm³/mol. The number of hydrogen-bond donors (Lipinski definition) is 2. The van der Waals surface area contributed by atoms with Crippen LogP contribution in [0.3, 0.4) is 0 Å². The third kappa shape index (κ3) is 2.66. The number of aromatic nitrogens is 2. The Labute approximate surface area is 120 Å². The number of carbonyl (C=O) groups is 2. The summed E-state index contributed by atoms with van der Waals surface area (Å²) in [4.78, 5) is 25.1. The molecule has 7 heteroatoms. The number of primary amides is 1. The van der Waals surface area contributed by atoms with E-state index >= 15 is 0 Å². The lowest BCUT2D eigenvalue weighted by molar-refractivity contribution is -0.114. The Kier molecular flexibility index (Phi) is 3.23. The Hall–Kier alpha value is -2.96. The molecule has 106 valence electrons. The molecular formula is C14H13N5O2. The van der Waals surface area contributed by atoms with Crippen molar-refractivity contribution in [2.24, 2.45) is 5.73 Å². The summed E-state index contributed by atoms with van der Waals surface area (Å²) in [5.41, 5.74) is 7.96. The largest absolute Gasteiger partial charge is 0.366 e. The SMILES string of the molecule is NC(=O)c1ccc2c(c1)NC(=O)CN(c1ccnnc1)C2. The molecule has 7 nitrogen and oxygen atoms in total. The zero-order valence-electron chi connectivity index (χ0n) is 11.1. The average Bonchev–Trinajstić information content (AvgIpc) is 2.65. The standard InChI is InChI=1S/C14H13N5O2/c15-14(21)9-1-2-10-7-19(11-3-4-16-17-6-11)8-13(20)18-12(10)5-9/h1-6H,7-8H2,(H2,15,21)(H,18,20). The van der Waals surface area contributed by atoms with E-state index in [4.69, 9.17) is 5.73 Å². The van der Waals surface area contributed by atoms with Crippen molar-refractivity contribution < 1.29 is 9.59 Å². The lowest BCUT2D eigenvalue weighted by Gasteiger charge is -2.20. The van der Waals surface area contributed by atoms with Crippen LogP contribution in [0.5, 0.6) is 0 Å². The molecule has 3 rings (SSSR count). The maximum absolute atomic E-state index is 12.0. The van der Waals surface area contributed by atoms with Crippen molar-refractivity contribution >= 4 is 23.2 Å². The van der Waals surface area contributed by atoms with E-state index in [0.717, 1.165) is 11.3 Å². The smallest absolute Gasteiger partial charge is 0.248 e. The van der Waals surface area contributed by atoms with Crippen molar-refractivity contribution in [3.63, 3.8) is 0 Å². The maximum Gasteiger partial charge on any atom is 0.248 e. The van der Waals surface area contributed by atoms with Gasteiger partial charge in [-0.3, -0.25) is 9.59 Å². The third-order valence-corrected chi connectivity index (χ3v) is 3.30. The van der Waals surface area contributed by atoms with E-state index in [1.807, 2.05) is 4.90 Å². The molecule has 2 aromatic rings. The van der Waals surface area contributed by atoms with Crippen LogP contribution in [-0.4, -0.2) is 28.6 Å². The van der Waals surface area contributed by atoms with Gasteiger partial charge < -0.3 is 16.0 Å². The molecule has 2 heterocycles. The Bertz CT molecular complexity index is 702. The van der Waals surface area contributed by atoms with Crippen LogP contribution < -0.4 is 16.0 Å². The number of nitrogens with one attached hydrogen (secondary N) is 1. The fourth-order valence-corrected chi connectivity index (χ4v) is 2.26. The van der Waals surface area contributed by atoms with Gasteiger partial charge in [0.25, 0.3) is 0 Å². The van der Waals surface area contributed by atoms with Crippen molar-refractivity contribution in [1.82, 2.24) is 10.2 Å². The minimum Gasteiger partial charge on any atom is -0.366 e. The molecule has 0 atom stereocenters. The average molecular weight is 283 g/mol.